The molecule has 1 aliphatic rings. The third-order valence-corrected chi connectivity index (χ3v) is 4.92. The molecule has 2 aromatic carbocycles. The largest absolute Gasteiger partial charge is 0.497 e. The van der Waals surface area contributed by atoms with Crippen molar-refractivity contribution in [1.82, 2.24) is 9.80 Å². The van der Waals surface area contributed by atoms with E-state index in [0.29, 0.717) is 37.5 Å². The van der Waals surface area contributed by atoms with Crippen LogP contribution in [0.15, 0.2) is 48.5 Å². The lowest BCUT2D eigenvalue weighted by Crippen LogP contribution is -2.52. The summed E-state index contributed by atoms with van der Waals surface area (Å²) in [6.45, 7) is 3.96. The van der Waals surface area contributed by atoms with E-state index in [4.69, 9.17) is 10.5 Å². The van der Waals surface area contributed by atoms with Crippen LogP contribution in [-0.2, 0) is 4.79 Å². The Morgan fingerprint density at radius 3 is 2.00 bits per heavy atom. The summed E-state index contributed by atoms with van der Waals surface area (Å²) in [4.78, 5) is 28.8. The van der Waals surface area contributed by atoms with Crippen molar-refractivity contribution in [3.05, 3.63) is 65.2 Å². The SMILES string of the molecule is COc1ccc(C(=O)N2CCN(C(=O)C(N)c3ccc(C)cc3)CC2)cc1.Cl. The fourth-order valence-electron chi connectivity index (χ4n) is 3.16. The molecule has 0 spiro atoms. The van der Waals surface area contributed by atoms with Gasteiger partial charge >= 0.3 is 0 Å². The molecule has 6 nitrogen and oxygen atoms in total. The van der Waals surface area contributed by atoms with Crippen LogP contribution in [0, 0.1) is 6.92 Å². The second-order valence-corrected chi connectivity index (χ2v) is 6.73. The first-order valence-corrected chi connectivity index (χ1v) is 9.04. The van der Waals surface area contributed by atoms with Crippen molar-refractivity contribution < 1.29 is 14.3 Å². The van der Waals surface area contributed by atoms with Crippen LogP contribution in [0.5, 0.6) is 5.75 Å². The van der Waals surface area contributed by atoms with Crippen molar-refractivity contribution in [1.29, 1.82) is 0 Å². The molecule has 0 aliphatic carbocycles. The van der Waals surface area contributed by atoms with Gasteiger partial charge in [-0.15, -0.1) is 12.4 Å². The molecule has 3 rings (SSSR count). The van der Waals surface area contributed by atoms with Crippen molar-refractivity contribution in [3.63, 3.8) is 0 Å². The topological polar surface area (TPSA) is 75.9 Å². The van der Waals surface area contributed by atoms with E-state index in [0.717, 1.165) is 11.1 Å². The van der Waals surface area contributed by atoms with Gasteiger partial charge in [0.1, 0.15) is 11.8 Å². The molecule has 1 unspecified atom stereocenters. The smallest absolute Gasteiger partial charge is 0.253 e. The fraction of sp³-hybridized carbons (Fsp3) is 0.333. The fourth-order valence-corrected chi connectivity index (χ4v) is 3.16. The number of nitrogens with zero attached hydrogens (tertiary/aromatic N) is 2. The summed E-state index contributed by atoms with van der Waals surface area (Å²) in [5.74, 6) is 0.579. The third-order valence-electron chi connectivity index (χ3n) is 4.92. The highest BCUT2D eigenvalue weighted by atomic mass is 35.5. The summed E-state index contributed by atoms with van der Waals surface area (Å²) in [6, 6.07) is 14.1. The number of methoxy groups -OCH3 is 1. The quantitative estimate of drug-likeness (QED) is 0.850. The van der Waals surface area contributed by atoms with E-state index in [1.807, 2.05) is 31.2 Å². The first-order valence-electron chi connectivity index (χ1n) is 9.04. The number of carbonyl (C=O) groups is 2. The van der Waals surface area contributed by atoms with E-state index in [1.54, 1.807) is 41.2 Å². The van der Waals surface area contributed by atoms with Gasteiger partial charge in [0.2, 0.25) is 5.91 Å². The number of amides is 2. The van der Waals surface area contributed by atoms with Gasteiger partial charge in [0.15, 0.2) is 0 Å². The molecule has 1 heterocycles. The first-order chi connectivity index (χ1) is 13.0. The molecule has 1 aliphatic heterocycles. The number of benzene rings is 2. The summed E-state index contributed by atoms with van der Waals surface area (Å²) in [5, 5.41) is 0. The van der Waals surface area contributed by atoms with E-state index < -0.39 is 6.04 Å². The van der Waals surface area contributed by atoms with Crippen LogP contribution < -0.4 is 10.5 Å². The van der Waals surface area contributed by atoms with E-state index in [2.05, 4.69) is 0 Å². The van der Waals surface area contributed by atoms with Crippen LogP contribution in [0.25, 0.3) is 0 Å². The molecule has 7 heteroatoms. The van der Waals surface area contributed by atoms with Crippen LogP contribution >= 0.6 is 12.4 Å². The maximum absolute atomic E-state index is 12.7. The highest BCUT2D eigenvalue weighted by Gasteiger charge is 2.28. The third kappa shape index (κ3) is 4.82. The van der Waals surface area contributed by atoms with Crippen LogP contribution in [0.4, 0.5) is 0 Å². The summed E-state index contributed by atoms with van der Waals surface area (Å²) in [7, 11) is 1.59. The van der Waals surface area contributed by atoms with Gasteiger partial charge in [0.05, 0.1) is 7.11 Å². The molecular formula is C21H26ClN3O3. The molecule has 0 bridgehead atoms. The van der Waals surface area contributed by atoms with Gasteiger partial charge < -0.3 is 20.3 Å². The molecule has 0 saturated carbocycles. The Labute approximate surface area is 171 Å². The summed E-state index contributed by atoms with van der Waals surface area (Å²) in [6.07, 6.45) is 0. The van der Waals surface area contributed by atoms with E-state index in [1.165, 1.54) is 0 Å². The van der Waals surface area contributed by atoms with Crippen molar-refractivity contribution in [2.75, 3.05) is 33.3 Å². The van der Waals surface area contributed by atoms with Gasteiger partial charge in [-0.3, -0.25) is 9.59 Å². The zero-order valence-electron chi connectivity index (χ0n) is 16.1. The predicted molar refractivity (Wildman–Crippen MR) is 111 cm³/mol. The number of nitrogens with two attached hydrogens (primary N) is 1. The maximum Gasteiger partial charge on any atom is 0.253 e. The summed E-state index contributed by atoms with van der Waals surface area (Å²) < 4.78 is 5.12. The number of rotatable bonds is 4. The molecule has 1 atom stereocenters. The Kier molecular flexibility index (Phi) is 7.43. The van der Waals surface area contributed by atoms with Crippen LogP contribution in [0.1, 0.15) is 27.5 Å². The Bertz CT molecular complexity index is 801. The average molecular weight is 404 g/mol. The van der Waals surface area contributed by atoms with Crippen LogP contribution in [0.2, 0.25) is 0 Å². The number of hydrogen-bond donors (Lipinski definition) is 1. The van der Waals surface area contributed by atoms with Gasteiger partial charge in [-0.25, -0.2) is 0 Å². The van der Waals surface area contributed by atoms with Crippen molar-refractivity contribution in [3.8, 4) is 5.75 Å². The molecule has 28 heavy (non-hydrogen) atoms. The average Bonchev–Trinajstić information content (AvgIpc) is 2.73. The number of piperazine rings is 1. The molecule has 0 radical (unpaired) electrons. The maximum atomic E-state index is 12.7. The number of halogens is 1. The van der Waals surface area contributed by atoms with Gasteiger partial charge in [-0.2, -0.15) is 0 Å². The minimum atomic E-state index is -0.672. The van der Waals surface area contributed by atoms with Gasteiger partial charge in [-0.1, -0.05) is 29.8 Å². The number of ether oxygens (including phenoxy) is 1. The standard InChI is InChI=1S/C21H25N3O3.ClH/c1-15-3-5-16(6-4-15)19(22)21(26)24-13-11-23(12-14-24)20(25)17-7-9-18(27-2)10-8-17;/h3-10,19H,11-14,22H2,1-2H3;1H. The molecule has 0 aromatic heterocycles. The van der Waals surface area contributed by atoms with Gasteiger partial charge in [0, 0.05) is 31.7 Å². The lowest BCUT2D eigenvalue weighted by Gasteiger charge is -2.36. The van der Waals surface area contributed by atoms with E-state index in [-0.39, 0.29) is 24.2 Å². The first kappa shape index (κ1) is 21.7. The second kappa shape index (κ2) is 9.57. The minimum absolute atomic E-state index is 0. The van der Waals surface area contributed by atoms with Crippen LogP contribution in [-0.4, -0.2) is 54.9 Å². The normalized spacial score (nSPS) is 14.8. The zero-order chi connectivity index (χ0) is 19.4. The lowest BCUT2D eigenvalue weighted by molar-refractivity contribution is -0.134. The van der Waals surface area contributed by atoms with Crippen LogP contribution in [0.3, 0.4) is 0 Å². The summed E-state index contributed by atoms with van der Waals surface area (Å²) in [5.41, 5.74) is 8.70. The molecular weight excluding hydrogens is 378 g/mol. The minimum Gasteiger partial charge on any atom is -0.497 e. The second-order valence-electron chi connectivity index (χ2n) is 6.73. The molecule has 150 valence electrons. The molecule has 2 aromatic rings. The van der Waals surface area contributed by atoms with E-state index in [9.17, 15) is 9.59 Å². The zero-order valence-corrected chi connectivity index (χ0v) is 16.9. The van der Waals surface area contributed by atoms with Crippen molar-refractivity contribution in [2.45, 2.75) is 13.0 Å². The summed E-state index contributed by atoms with van der Waals surface area (Å²) >= 11 is 0. The number of hydrogen-bond acceptors (Lipinski definition) is 4. The van der Waals surface area contributed by atoms with Crippen molar-refractivity contribution >= 4 is 24.2 Å². The Morgan fingerprint density at radius 2 is 1.46 bits per heavy atom. The predicted octanol–water partition coefficient (Wildman–Crippen LogP) is 2.41. The Balaban J connectivity index is 0.00000280. The molecule has 1 fully saturated rings. The highest BCUT2D eigenvalue weighted by molar-refractivity contribution is 5.94. The highest BCUT2D eigenvalue weighted by Crippen LogP contribution is 2.17. The molecule has 2 N–H and O–H groups in total. The number of aryl methyl sites for hydroxylation is 1. The van der Waals surface area contributed by atoms with Gasteiger partial charge in [0.25, 0.3) is 5.91 Å². The molecule has 2 amide bonds. The van der Waals surface area contributed by atoms with E-state index >= 15 is 0 Å². The monoisotopic (exact) mass is 403 g/mol. The Morgan fingerprint density at radius 1 is 0.929 bits per heavy atom. The van der Waals surface area contributed by atoms with Gasteiger partial charge in [-0.05, 0) is 36.8 Å². The number of carbonyl (C=O) groups excluding carboxylic acids is 2. The molecule has 1 saturated heterocycles. The van der Waals surface area contributed by atoms with Crippen molar-refractivity contribution in [2.24, 2.45) is 5.73 Å². The lowest BCUT2D eigenvalue weighted by atomic mass is 10.0. The Hall–Kier alpha value is -2.57.